The van der Waals surface area contributed by atoms with Crippen LogP contribution in [0.1, 0.15) is 26.1 Å². The van der Waals surface area contributed by atoms with Crippen molar-refractivity contribution < 1.29 is 9.47 Å². The summed E-state index contributed by atoms with van der Waals surface area (Å²) in [6.45, 7) is 6.50. The summed E-state index contributed by atoms with van der Waals surface area (Å²) in [5.41, 5.74) is 0. The zero-order valence-electron chi connectivity index (χ0n) is 14.1. The normalized spacial score (nSPS) is 11.1. The van der Waals surface area contributed by atoms with E-state index in [0.29, 0.717) is 19.1 Å². The van der Waals surface area contributed by atoms with Gasteiger partial charge in [0.15, 0.2) is 11.0 Å². The molecule has 0 saturated carbocycles. The summed E-state index contributed by atoms with van der Waals surface area (Å²) in [5, 5.41) is 9.57. The van der Waals surface area contributed by atoms with Gasteiger partial charge in [-0.1, -0.05) is 43.8 Å². The molecule has 0 spiro atoms. The first-order chi connectivity index (χ1) is 11.2. The van der Waals surface area contributed by atoms with Crippen LogP contribution in [-0.4, -0.2) is 34.2 Å². The van der Waals surface area contributed by atoms with Gasteiger partial charge in [-0.15, -0.1) is 10.2 Å². The summed E-state index contributed by atoms with van der Waals surface area (Å²) in [6, 6.07) is 9.80. The number of nitrogens with zero attached hydrogens (tertiary/aromatic N) is 3. The fourth-order valence-corrected chi connectivity index (χ4v) is 2.91. The summed E-state index contributed by atoms with van der Waals surface area (Å²) >= 11 is 1.67. The Labute approximate surface area is 142 Å². The summed E-state index contributed by atoms with van der Waals surface area (Å²) in [5.74, 6) is 3.22. The SMILES string of the molecule is COCCSc1nnc(COc2ccccc2)n1CCC(C)C. The van der Waals surface area contributed by atoms with Crippen LogP contribution in [0.3, 0.4) is 0 Å². The Balaban J connectivity index is 2.03. The summed E-state index contributed by atoms with van der Waals surface area (Å²) in [4.78, 5) is 0. The first-order valence-corrected chi connectivity index (χ1v) is 8.91. The third kappa shape index (κ3) is 5.88. The van der Waals surface area contributed by atoms with Crippen molar-refractivity contribution in [3.63, 3.8) is 0 Å². The molecule has 0 amide bonds. The lowest BCUT2D eigenvalue weighted by molar-refractivity contribution is 0.218. The number of hydrogen-bond donors (Lipinski definition) is 0. The highest BCUT2D eigenvalue weighted by Crippen LogP contribution is 2.20. The van der Waals surface area contributed by atoms with Crippen molar-refractivity contribution in [2.75, 3.05) is 19.5 Å². The van der Waals surface area contributed by atoms with E-state index in [1.54, 1.807) is 18.9 Å². The number of aromatic nitrogens is 3. The second kappa shape index (κ2) is 9.57. The van der Waals surface area contributed by atoms with Gasteiger partial charge < -0.3 is 14.0 Å². The Hall–Kier alpha value is -1.53. The van der Waals surface area contributed by atoms with Gasteiger partial charge in [-0.25, -0.2) is 0 Å². The van der Waals surface area contributed by atoms with Gasteiger partial charge in [-0.3, -0.25) is 0 Å². The van der Waals surface area contributed by atoms with Crippen molar-refractivity contribution in [1.29, 1.82) is 0 Å². The highest BCUT2D eigenvalue weighted by molar-refractivity contribution is 7.99. The Kier molecular flexibility index (Phi) is 7.42. The lowest BCUT2D eigenvalue weighted by Gasteiger charge is -2.12. The van der Waals surface area contributed by atoms with Gasteiger partial charge in [0.2, 0.25) is 0 Å². The Morgan fingerprint density at radius 3 is 2.65 bits per heavy atom. The van der Waals surface area contributed by atoms with E-state index in [-0.39, 0.29) is 0 Å². The maximum Gasteiger partial charge on any atom is 0.191 e. The van der Waals surface area contributed by atoms with E-state index in [1.807, 2.05) is 30.3 Å². The molecule has 0 N–H and O–H groups in total. The number of benzene rings is 1. The molecule has 2 rings (SSSR count). The van der Waals surface area contributed by atoms with Crippen molar-refractivity contribution in [3.8, 4) is 5.75 Å². The zero-order valence-corrected chi connectivity index (χ0v) is 14.9. The molecule has 0 bridgehead atoms. The molecule has 0 atom stereocenters. The quantitative estimate of drug-likeness (QED) is 0.490. The molecular formula is C17H25N3O2S. The minimum atomic E-state index is 0.431. The fourth-order valence-electron chi connectivity index (χ4n) is 2.03. The van der Waals surface area contributed by atoms with Crippen LogP contribution in [0.2, 0.25) is 0 Å². The fraction of sp³-hybridized carbons (Fsp3) is 0.529. The number of para-hydroxylation sites is 1. The standard InChI is InChI=1S/C17H25N3O2S/c1-14(2)9-10-20-16(13-22-15-7-5-4-6-8-15)18-19-17(20)23-12-11-21-3/h4-8,14H,9-13H2,1-3H3. The average molecular weight is 335 g/mol. The molecule has 0 saturated heterocycles. The number of hydrogen-bond acceptors (Lipinski definition) is 5. The molecule has 1 heterocycles. The molecule has 23 heavy (non-hydrogen) atoms. The molecule has 0 aliphatic heterocycles. The average Bonchev–Trinajstić information content (AvgIpc) is 2.94. The predicted octanol–water partition coefficient (Wildman–Crippen LogP) is 3.64. The second-order valence-corrected chi connectivity index (χ2v) is 6.74. The molecule has 126 valence electrons. The molecule has 0 radical (unpaired) electrons. The van der Waals surface area contributed by atoms with Crippen LogP contribution in [0.4, 0.5) is 0 Å². The van der Waals surface area contributed by atoms with Crippen LogP contribution in [0.5, 0.6) is 5.75 Å². The highest BCUT2D eigenvalue weighted by atomic mass is 32.2. The zero-order chi connectivity index (χ0) is 16.5. The van der Waals surface area contributed by atoms with E-state index in [1.165, 1.54) is 0 Å². The van der Waals surface area contributed by atoms with Gasteiger partial charge in [0.25, 0.3) is 0 Å². The van der Waals surface area contributed by atoms with Gasteiger partial charge in [-0.2, -0.15) is 0 Å². The molecule has 1 aromatic heterocycles. The minimum absolute atomic E-state index is 0.431. The maximum atomic E-state index is 5.82. The molecule has 5 nitrogen and oxygen atoms in total. The van der Waals surface area contributed by atoms with Crippen molar-refractivity contribution >= 4 is 11.8 Å². The number of methoxy groups -OCH3 is 1. The Morgan fingerprint density at radius 2 is 1.96 bits per heavy atom. The summed E-state index contributed by atoms with van der Waals surface area (Å²) in [7, 11) is 1.71. The monoisotopic (exact) mass is 335 g/mol. The number of ether oxygens (including phenoxy) is 2. The van der Waals surface area contributed by atoms with Crippen LogP contribution in [0.25, 0.3) is 0 Å². The van der Waals surface area contributed by atoms with Gasteiger partial charge in [0.1, 0.15) is 12.4 Å². The molecule has 0 aliphatic rings. The van der Waals surface area contributed by atoms with Crippen LogP contribution in [-0.2, 0) is 17.9 Å². The number of rotatable bonds is 10. The lowest BCUT2D eigenvalue weighted by Crippen LogP contribution is -2.10. The molecular weight excluding hydrogens is 310 g/mol. The lowest BCUT2D eigenvalue weighted by atomic mass is 10.1. The summed E-state index contributed by atoms with van der Waals surface area (Å²) < 4.78 is 13.1. The first kappa shape index (κ1) is 17.8. The van der Waals surface area contributed by atoms with Gasteiger partial charge >= 0.3 is 0 Å². The van der Waals surface area contributed by atoms with Crippen molar-refractivity contribution in [3.05, 3.63) is 36.2 Å². The van der Waals surface area contributed by atoms with Crippen LogP contribution >= 0.6 is 11.8 Å². The Morgan fingerprint density at radius 1 is 1.17 bits per heavy atom. The predicted molar refractivity (Wildman–Crippen MR) is 92.9 cm³/mol. The Bertz CT molecular complexity index is 572. The van der Waals surface area contributed by atoms with E-state index < -0.39 is 0 Å². The molecule has 0 aliphatic carbocycles. The van der Waals surface area contributed by atoms with Crippen LogP contribution in [0.15, 0.2) is 35.5 Å². The van der Waals surface area contributed by atoms with E-state index in [4.69, 9.17) is 9.47 Å². The maximum absolute atomic E-state index is 5.82. The largest absolute Gasteiger partial charge is 0.486 e. The van der Waals surface area contributed by atoms with E-state index in [2.05, 4.69) is 28.6 Å². The third-order valence-electron chi connectivity index (χ3n) is 3.35. The highest BCUT2D eigenvalue weighted by Gasteiger charge is 2.13. The smallest absolute Gasteiger partial charge is 0.191 e. The van der Waals surface area contributed by atoms with E-state index in [9.17, 15) is 0 Å². The van der Waals surface area contributed by atoms with Crippen molar-refractivity contribution in [2.24, 2.45) is 5.92 Å². The minimum Gasteiger partial charge on any atom is -0.486 e. The van der Waals surface area contributed by atoms with Crippen LogP contribution < -0.4 is 4.74 Å². The van der Waals surface area contributed by atoms with Gasteiger partial charge in [0.05, 0.1) is 6.61 Å². The van der Waals surface area contributed by atoms with Gasteiger partial charge in [-0.05, 0) is 24.5 Å². The second-order valence-electron chi connectivity index (χ2n) is 5.68. The molecule has 0 fully saturated rings. The first-order valence-electron chi connectivity index (χ1n) is 7.92. The van der Waals surface area contributed by atoms with E-state index in [0.717, 1.165) is 35.4 Å². The topological polar surface area (TPSA) is 49.2 Å². The molecule has 6 heteroatoms. The van der Waals surface area contributed by atoms with Gasteiger partial charge in [0, 0.05) is 19.4 Å². The number of thioether (sulfide) groups is 1. The van der Waals surface area contributed by atoms with Crippen LogP contribution in [0, 0.1) is 5.92 Å². The van der Waals surface area contributed by atoms with Crippen molar-refractivity contribution in [1.82, 2.24) is 14.8 Å². The molecule has 2 aromatic rings. The summed E-state index contributed by atoms with van der Waals surface area (Å²) in [6.07, 6.45) is 1.09. The van der Waals surface area contributed by atoms with Crippen molar-refractivity contribution in [2.45, 2.75) is 38.6 Å². The molecule has 0 unspecified atom stereocenters. The molecule has 1 aromatic carbocycles. The third-order valence-corrected chi connectivity index (χ3v) is 4.28. The van der Waals surface area contributed by atoms with E-state index >= 15 is 0 Å².